The summed E-state index contributed by atoms with van der Waals surface area (Å²) < 4.78 is 5.19. The summed E-state index contributed by atoms with van der Waals surface area (Å²) in [5.74, 6) is 0.561. The second kappa shape index (κ2) is 9.49. The number of piperidine rings is 2. The number of methoxy groups -OCH3 is 1. The molecule has 7 heteroatoms. The molecule has 2 aromatic carbocycles. The van der Waals surface area contributed by atoms with Crippen LogP contribution in [0.15, 0.2) is 42.5 Å². The first-order valence-corrected chi connectivity index (χ1v) is 12.2. The number of likely N-dealkylation sites (tertiary alicyclic amines) is 1. The molecule has 0 radical (unpaired) electrons. The highest BCUT2D eigenvalue weighted by molar-refractivity contribution is 6.23. The highest BCUT2D eigenvalue weighted by Gasteiger charge is 2.39. The maximum absolute atomic E-state index is 13.4. The van der Waals surface area contributed by atoms with Gasteiger partial charge < -0.3 is 14.5 Å². The Labute approximate surface area is 200 Å². The summed E-state index contributed by atoms with van der Waals surface area (Å²) in [7, 11) is 1.60. The minimum absolute atomic E-state index is 0.0509. The standard InChI is InChI=1S/C27H31N3O4/c1-34-21-10-8-19(9-11-21)18-30-26(32)22-6-5-7-23(24(22)27(30)33)28-16-12-20(13-17-28)25(31)29-14-3-2-4-15-29/h5-11,20H,2-4,12-18H2,1H3. The molecule has 5 rings (SSSR count). The first-order chi connectivity index (χ1) is 16.6. The number of imide groups is 1. The van der Waals surface area contributed by atoms with Crippen LogP contribution in [-0.4, -0.2) is 60.8 Å². The van der Waals surface area contributed by atoms with Gasteiger partial charge in [-0.1, -0.05) is 18.2 Å². The molecule has 2 aromatic rings. The van der Waals surface area contributed by atoms with E-state index in [1.54, 1.807) is 13.2 Å². The van der Waals surface area contributed by atoms with Gasteiger partial charge in [0.25, 0.3) is 11.8 Å². The lowest BCUT2D eigenvalue weighted by atomic mass is 9.93. The number of hydrogen-bond donors (Lipinski definition) is 0. The maximum atomic E-state index is 13.4. The molecular formula is C27H31N3O4. The minimum atomic E-state index is -0.257. The highest BCUT2D eigenvalue weighted by atomic mass is 16.5. The molecule has 2 saturated heterocycles. The molecule has 0 saturated carbocycles. The van der Waals surface area contributed by atoms with E-state index in [4.69, 9.17) is 4.74 Å². The quantitative estimate of drug-likeness (QED) is 0.635. The SMILES string of the molecule is COc1ccc(CN2C(=O)c3cccc(N4CCC(C(=O)N5CCCCC5)CC4)c3C2=O)cc1. The molecule has 0 aromatic heterocycles. The van der Waals surface area contributed by atoms with Crippen molar-refractivity contribution in [3.05, 3.63) is 59.2 Å². The Balaban J connectivity index is 1.29. The van der Waals surface area contributed by atoms with Crippen LogP contribution in [0.25, 0.3) is 0 Å². The molecule has 3 heterocycles. The Bertz CT molecular complexity index is 1080. The van der Waals surface area contributed by atoms with Crippen molar-refractivity contribution >= 4 is 23.4 Å². The van der Waals surface area contributed by atoms with E-state index in [1.807, 2.05) is 41.3 Å². The van der Waals surface area contributed by atoms with Crippen LogP contribution in [0.4, 0.5) is 5.69 Å². The van der Waals surface area contributed by atoms with E-state index in [0.29, 0.717) is 24.2 Å². The Morgan fingerprint density at radius 2 is 1.62 bits per heavy atom. The van der Waals surface area contributed by atoms with Gasteiger partial charge in [-0.15, -0.1) is 0 Å². The number of anilines is 1. The van der Waals surface area contributed by atoms with Gasteiger partial charge in [-0.2, -0.15) is 0 Å². The molecule has 0 aliphatic carbocycles. The zero-order valence-electron chi connectivity index (χ0n) is 19.7. The number of ether oxygens (including phenoxy) is 1. The van der Waals surface area contributed by atoms with Gasteiger partial charge in [0.15, 0.2) is 0 Å². The summed E-state index contributed by atoms with van der Waals surface area (Å²) in [6.07, 6.45) is 4.96. The molecule has 3 amide bonds. The minimum Gasteiger partial charge on any atom is -0.497 e. The molecule has 7 nitrogen and oxygen atoms in total. The number of rotatable bonds is 5. The number of hydrogen-bond acceptors (Lipinski definition) is 5. The van der Waals surface area contributed by atoms with Gasteiger partial charge in [0.05, 0.1) is 30.5 Å². The fourth-order valence-corrected chi connectivity index (χ4v) is 5.38. The Hall–Kier alpha value is -3.35. The summed E-state index contributed by atoms with van der Waals surface area (Å²) in [6.45, 7) is 3.40. The van der Waals surface area contributed by atoms with E-state index in [1.165, 1.54) is 11.3 Å². The van der Waals surface area contributed by atoms with Crippen LogP contribution in [0, 0.1) is 5.92 Å². The van der Waals surface area contributed by atoms with Gasteiger partial charge in [0, 0.05) is 32.1 Å². The molecule has 0 spiro atoms. The number of benzene rings is 2. The molecule has 0 bridgehead atoms. The Kier molecular flexibility index (Phi) is 6.26. The highest BCUT2D eigenvalue weighted by Crippen LogP contribution is 2.35. The van der Waals surface area contributed by atoms with E-state index >= 15 is 0 Å². The predicted molar refractivity (Wildman–Crippen MR) is 129 cm³/mol. The third kappa shape index (κ3) is 4.15. The van der Waals surface area contributed by atoms with E-state index < -0.39 is 0 Å². The molecular weight excluding hydrogens is 430 g/mol. The van der Waals surface area contributed by atoms with Crippen molar-refractivity contribution in [1.82, 2.24) is 9.80 Å². The number of carbonyl (C=O) groups is 3. The van der Waals surface area contributed by atoms with Gasteiger partial charge in [-0.3, -0.25) is 19.3 Å². The third-order valence-electron chi connectivity index (χ3n) is 7.33. The normalized spacial score (nSPS) is 18.9. The van der Waals surface area contributed by atoms with Crippen molar-refractivity contribution in [3.63, 3.8) is 0 Å². The number of carbonyl (C=O) groups excluding carboxylic acids is 3. The fourth-order valence-electron chi connectivity index (χ4n) is 5.38. The van der Waals surface area contributed by atoms with Gasteiger partial charge >= 0.3 is 0 Å². The summed E-state index contributed by atoms with van der Waals surface area (Å²) in [4.78, 5) is 44.9. The Morgan fingerprint density at radius 1 is 0.912 bits per heavy atom. The third-order valence-corrected chi connectivity index (χ3v) is 7.33. The van der Waals surface area contributed by atoms with Crippen LogP contribution in [0.2, 0.25) is 0 Å². The number of fused-ring (bicyclic) bond motifs is 1. The fraction of sp³-hybridized carbons (Fsp3) is 0.444. The van der Waals surface area contributed by atoms with Crippen molar-refractivity contribution < 1.29 is 19.1 Å². The van der Waals surface area contributed by atoms with E-state index in [0.717, 1.165) is 55.8 Å². The molecule has 178 valence electrons. The lowest BCUT2D eigenvalue weighted by Gasteiger charge is -2.37. The summed E-state index contributed by atoms with van der Waals surface area (Å²) in [5.41, 5.74) is 2.62. The summed E-state index contributed by atoms with van der Waals surface area (Å²) >= 11 is 0. The topological polar surface area (TPSA) is 70.2 Å². The van der Waals surface area contributed by atoms with Gasteiger partial charge in [0.1, 0.15) is 5.75 Å². The zero-order chi connectivity index (χ0) is 23.7. The maximum Gasteiger partial charge on any atom is 0.263 e. The van der Waals surface area contributed by atoms with Crippen molar-refractivity contribution in [2.45, 2.75) is 38.6 Å². The van der Waals surface area contributed by atoms with Gasteiger partial charge in [-0.05, 0) is 61.9 Å². The molecule has 3 aliphatic heterocycles. The lowest BCUT2D eigenvalue weighted by Crippen LogP contribution is -2.44. The van der Waals surface area contributed by atoms with Crippen LogP contribution in [-0.2, 0) is 11.3 Å². The van der Waals surface area contributed by atoms with Crippen LogP contribution < -0.4 is 9.64 Å². The molecule has 34 heavy (non-hydrogen) atoms. The average molecular weight is 462 g/mol. The van der Waals surface area contributed by atoms with E-state index in [9.17, 15) is 14.4 Å². The monoisotopic (exact) mass is 461 g/mol. The van der Waals surface area contributed by atoms with Crippen LogP contribution in [0.1, 0.15) is 58.4 Å². The summed E-state index contributed by atoms with van der Waals surface area (Å²) in [6, 6.07) is 12.9. The molecule has 0 unspecified atom stereocenters. The van der Waals surface area contributed by atoms with Crippen molar-refractivity contribution in [3.8, 4) is 5.75 Å². The Morgan fingerprint density at radius 3 is 2.29 bits per heavy atom. The number of amides is 3. The van der Waals surface area contributed by atoms with Crippen LogP contribution in [0.5, 0.6) is 5.75 Å². The largest absolute Gasteiger partial charge is 0.497 e. The molecule has 0 atom stereocenters. The van der Waals surface area contributed by atoms with Crippen molar-refractivity contribution in [2.75, 3.05) is 38.2 Å². The second-order valence-corrected chi connectivity index (χ2v) is 9.39. The molecule has 0 N–H and O–H groups in total. The van der Waals surface area contributed by atoms with Crippen LogP contribution in [0.3, 0.4) is 0 Å². The molecule has 3 aliphatic rings. The van der Waals surface area contributed by atoms with E-state index in [-0.39, 0.29) is 30.2 Å². The van der Waals surface area contributed by atoms with Gasteiger partial charge in [-0.25, -0.2) is 0 Å². The average Bonchev–Trinajstić information content (AvgIpc) is 3.14. The summed E-state index contributed by atoms with van der Waals surface area (Å²) in [5, 5.41) is 0. The van der Waals surface area contributed by atoms with Crippen molar-refractivity contribution in [1.29, 1.82) is 0 Å². The van der Waals surface area contributed by atoms with Crippen LogP contribution >= 0.6 is 0 Å². The second-order valence-electron chi connectivity index (χ2n) is 9.39. The van der Waals surface area contributed by atoms with E-state index in [2.05, 4.69) is 4.90 Å². The first-order valence-electron chi connectivity index (χ1n) is 12.2. The first kappa shape index (κ1) is 22.4. The zero-order valence-corrected chi connectivity index (χ0v) is 19.7. The predicted octanol–water partition coefficient (Wildman–Crippen LogP) is 3.72. The van der Waals surface area contributed by atoms with Crippen molar-refractivity contribution in [2.24, 2.45) is 5.92 Å². The lowest BCUT2D eigenvalue weighted by molar-refractivity contribution is -0.137. The molecule has 2 fully saturated rings. The number of nitrogens with zero attached hydrogens (tertiary/aromatic N) is 3. The smallest absolute Gasteiger partial charge is 0.263 e. The van der Waals surface area contributed by atoms with Gasteiger partial charge in [0.2, 0.25) is 5.91 Å².